The molecule has 18 heteroatoms. The summed E-state index contributed by atoms with van der Waals surface area (Å²) in [6.07, 6.45) is 0.329. The van der Waals surface area contributed by atoms with Gasteiger partial charge in [-0.25, -0.2) is 19.1 Å². The predicted octanol–water partition coefficient (Wildman–Crippen LogP) is 2.78. The molecule has 234 valence electrons. The molecular formula is C27H24BrN7O9S. The molecule has 2 aromatic heterocycles. The number of amides is 2. The fourth-order valence-electron chi connectivity index (χ4n) is 5.25. The van der Waals surface area contributed by atoms with E-state index < -0.39 is 44.7 Å². The molecule has 2 unspecified atom stereocenters. The van der Waals surface area contributed by atoms with Crippen molar-refractivity contribution in [3.8, 4) is 0 Å². The Labute approximate surface area is 267 Å². The van der Waals surface area contributed by atoms with Crippen LogP contribution in [0.1, 0.15) is 42.6 Å². The Kier molecular flexibility index (Phi) is 7.94. The van der Waals surface area contributed by atoms with E-state index in [0.29, 0.717) is 18.5 Å². The number of rotatable bonds is 8. The van der Waals surface area contributed by atoms with Crippen molar-refractivity contribution in [2.75, 3.05) is 13.2 Å². The van der Waals surface area contributed by atoms with E-state index in [9.17, 15) is 29.3 Å². The predicted molar refractivity (Wildman–Crippen MR) is 157 cm³/mol. The van der Waals surface area contributed by atoms with Crippen LogP contribution >= 0.6 is 27.7 Å². The van der Waals surface area contributed by atoms with Crippen LogP contribution in [0.15, 0.2) is 41.6 Å². The molecule has 0 spiro atoms. The van der Waals surface area contributed by atoms with Gasteiger partial charge in [0, 0.05) is 49.2 Å². The lowest BCUT2D eigenvalue weighted by Gasteiger charge is -2.50. The second-order valence-electron chi connectivity index (χ2n) is 10.2. The van der Waals surface area contributed by atoms with Gasteiger partial charge in [0.05, 0.1) is 23.8 Å². The van der Waals surface area contributed by atoms with Gasteiger partial charge >= 0.3 is 18.0 Å². The molecule has 0 bridgehead atoms. The van der Waals surface area contributed by atoms with E-state index in [1.807, 2.05) is 0 Å². The number of hydrogen-bond donors (Lipinski definition) is 0. The van der Waals surface area contributed by atoms with Crippen molar-refractivity contribution in [1.29, 1.82) is 0 Å². The second-order valence-corrected chi connectivity index (χ2v) is 12.5. The standard InChI is InChI=1S/C27H24BrN7O9S/c1-3-42-26(39)32-9-8-18-16(11-32)10-29-25-30-21(31-34(18)25)20(44-14(2)36)27(28)23(38)33-19(13-45-24(27)33)22(37)43-12-15-4-6-17(7-5-15)35(40)41/h4-7,10,13,20,24H,3,8-9,11-12H2,1-2H3/t20?,24-,27?/m1/s1. The molecule has 0 aliphatic carbocycles. The van der Waals surface area contributed by atoms with Gasteiger partial charge in [-0.05, 0) is 24.6 Å². The molecular weight excluding hydrogens is 678 g/mol. The first-order valence-electron chi connectivity index (χ1n) is 13.6. The third-order valence-corrected chi connectivity index (χ3v) is 10.1. The van der Waals surface area contributed by atoms with Gasteiger partial charge in [0.1, 0.15) is 17.7 Å². The Morgan fingerprint density at radius 3 is 2.69 bits per heavy atom. The lowest BCUT2D eigenvalue weighted by atomic mass is 9.90. The van der Waals surface area contributed by atoms with Gasteiger partial charge in [0.15, 0.2) is 16.3 Å². The quantitative estimate of drug-likeness (QED) is 0.0833. The third kappa shape index (κ3) is 5.26. The van der Waals surface area contributed by atoms with Crippen molar-refractivity contribution in [2.45, 2.75) is 49.2 Å². The van der Waals surface area contributed by atoms with Crippen LogP contribution < -0.4 is 0 Å². The van der Waals surface area contributed by atoms with Crippen molar-refractivity contribution in [1.82, 2.24) is 29.4 Å². The van der Waals surface area contributed by atoms with Crippen LogP contribution in [0.25, 0.3) is 5.78 Å². The fourth-order valence-corrected chi connectivity index (χ4v) is 7.49. The lowest BCUT2D eigenvalue weighted by Crippen LogP contribution is -2.70. The molecule has 0 saturated carbocycles. The number of thioether (sulfide) groups is 1. The number of benzene rings is 1. The van der Waals surface area contributed by atoms with E-state index in [0.717, 1.165) is 23.0 Å². The van der Waals surface area contributed by atoms with Crippen LogP contribution in [0.3, 0.4) is 0 Å². The van der Waals surface area contributed by atoms with Crippen LogP contribution in [0, 0.1) is 10.1 Å². The maximum Gasteiger partial charge on any atom is 0.410 e. The molecule has 3 aliphatic heterocycles. The van der Waals surface area contributed by atoms with E-state index in [-0.39, 0.29) is 42.7 Å². The Balaban J connectivity index is 1.21. The van der Waals surface area contributed by atoms with Crippen molar-refractivity contribution < 1.29 is 38.3 Å². The summed E-state index contributed by atoms with van der Waals surface area (Å²) in [6.45, 7) is 3.68. The Morgan fingerprint density at radius 1 is 1.24 bits per heavy atom. The topological polar surface area (TPSA) is 189 Å². The second kappa shape index (κ2) is 11.7. The maximum absolute atomic E-state index is 13.7. The normalized spacial score (nSPS) is 20.9. The van der Waals surface area contributed by atoms with Gasteiger partial charge < -0.3 is 19.1 Å². The molecule has 0 radical (unpaired) electrons. The number of β-lactam (4-membered cyclic amide) rings is 1. The Bertz CT molecular complexity index is 1780. The zero-order valence-corrected chi connectivity index (χ0v) is 26.1. The fraction of sp³-hybridized carbons (Fsp3) is 0.370. The largest absolute Gasteiger partial charge is 0.456 e. The van der Waals surface area contributed by atoms with Gasteiger partial charge in [-0.1, -0.05) is 15.9 Å². The van der Waals surface area contributed by atoms with Gasteiger partial charge in [-0.3, -0.25) is 24.6 Å². The van der Waals surface area contributed by atoms with E-state index >= 15 is 0 Å². The number of carbonyl (C=O) groups is 4. The molecule has 0 N–H and O–H groups in total. The first-order valence-corrected chi connectivity index (χ1v) is 15.4. The molecule has 16 nitrogen and oxygen atoms in total. The van der Waals surface area contributed by atoms with Crippen LogP contribution in [0.2, 0.25) is 0 Å². The number of hydrogen-bond acceptors (Lipinski definition) is 13. The van der Waals surface area contributed by atoms with Crippen molar-refractivity contribution >= 4 is 63.1 Å². The van der Waals surface area contributed by atoms with Crippen LogP contribution in [0.5, 0.6) is 0 Å². The number of fused-ring (bicyclic) bond motifs is 4. The summed E-state index contributed by atoms with van der Waals surface area (Å²) in [5, 5.41) is 16.2. The molecule has 3 atom stereocenters. The molecule has 3 aromatic rings. The number of non-ortho nitro benzene ring substituents is 1. The molecule has 1 fully saturated rings. The highest BCUT2D eigenvalue weighted by atomic mass is 79.9. The number of alkyl halides is 1. The van der Waals surface area contributed by atoms with Gasteiger partial charge in [0.25, 0.3) is 17.4 Å². The molecule has 5 heterocycles. The molecule has 2 amide bonds. The zero-order valence-electron chi connectivity index (χ0n) is 23.7. The molecule has 6 rings (SSSR count). The van der Waals surface area contributed by atoms with E-state index in [2.05, 4.69) is 31.0 Å². The van der Waals surface area contributed by atoms with E-state index in [4.69, 9.17) is 14.2 Å². The lowest BCUT2D eigenvalue weighted by molar-refractivity contribution is -0.384. The Morgan fingerprint density at radius 2 is 2.00 bits per heavy atom. The number of nitro benzene ring substituents is 1. The minimum atomic E-state index is -1.52. The average Bonchev–Trinajstić information content (AvgIpc) is 3.66. The van der Waals surface area contributed by atoms with Gasteiger partial charge in [0.2, 0.25) is 0 Å². The SMILES string of the molecule is CCOC(=O)N1CCc2c(cnc3nc(C(OC(C)=O)C4(Br)C(=O)N5C(C(=O)OCc6ccc([N+](=O)[O-])cc6)=CS[C@@H]54)nn23)C1. The number of ether oxygens (including phenoxy) is 3. The van der Waals surface area contributed by atoms with Crippen LogP contribution in [-0.4, -0.2) is 81.1 Å². The number of nitro groups is 1. The molecule has 45 heavy (non-hydrogen) atoms. The molecule has 3 aliphatic rings. The number of carbonyl (C=O) groups excluding carboxylic acids is 4. The number of nitrogens with zero attached hydrogens (tertiary/aromatic N) is 7. The van der Waals surface area contributed by atoms with Gasteiger partial charge in [-0.15, -0.1) is 16.9 Å². The zero-order chi connectivity index (χ0) is 32.0. The first kappa shape index (κ1) is 30.4. The number of halogens is 1. The van der Waals surface area contributed by atoms with Crippen molar-refractivity contribution in [2.24, 2.45) is 0 Å². The van der Waals surface area contributed by atoms with Crippen molar-refractivity contribution in [3.05, 3.63) is 74.3 Å². The highest BCUT2D eigenvalue weighted by molar-refractivity contribution is 9.10. The van der Waals surface area contributed by atoms with Gasteiger partial charge in [-0.2, -0.15) is 4.98 Å². The smallest absolute Gasteiger partial charge is 0.410 e. The summed E-state index contributed by atoms with van der Waals surface area (Å²) in [6, 6.07) is 5.54. The highest BCUT2D eigenvalue weighted by Crippen LogP contribution is 2.57. The molecule has 1 saturated heterocycles. The first-order chi connectivity index (χ1) is 21.5. The van der Waals surface area contributed by atoms with E-state index in [1.165, 1.54) is 46.0 Å². The summed E-state index contributed by atoms with van der Waals surface area (Å²) >= 11 is 4.67. The summed E-state index contributed by atoms with van der Waals surface area (Å²) in [4.78, 5) is 73.1. The summed E-state index contributed by atoms with van der Waals surface area (Å²) < 4.78 is 16.1. The van der Waals surface area contributed by atoms with Crippen LogP contribution in [0.4, 0.5) is 10.5 Å². The average molecular weight is 703 g/mol. The summed E-state index contributed by atoms with van der Waals surface area (Å²) in [7, 11) is 0. The Hall–Kier alpha value is -4.58. The monoisotopic (exact) mass is 701 g/mol. The van der Waals surface area contributed by atoms with Crippen molar-refractivity contribution in [3.63, 3.8) is 0 Å². The third-order valence-electron chi connectivity index (χ3n) is 7.41. The summed E-state index contributed by atoms with van der Waals surface area (Å²) in [5.41, 5.74) is 1.94. The minimum absolute atomic E-state index is 0.00147. The minimum Gasteiger partial charge on any atom is -0.456 e. The number of esters is 2. The highest BCUT2D eigenvalue weighted by Gasteiger charge is 2.69. The maximum atomic E-state index is 13.7. The summed E-state index contributed by atoms with van der Waals surface area (Å²) in [5.74, 6) is -1.77. The van der Waals surface area contributed by atoms with Crippen LogP contribution in [-0.2, 0) is 48.2 Å². The molecule has 1 aromatic carbocycles. The van der Waals surface area contributed by atoms with E-state index in [1.54, 1.807) is 18.0 Å². The number of aromatic nitrogens is 4.